The zero-order valence-corrected chi connectivity index (χ0v) is 13.0. The second-order valence-electron chi connectivity index (χ2n) is 6.55. The molecule has 0 aliphatic carbocycles. The Hall–Kier alpha value is -0.370. The van der Waals surface area contributed by atoms with Crippen LogP contribution in [0.1, 0.15) is 77.6 Å². The van der Waals surface area contributed by atoms with Gasteiger partial charge in [-0.2, -0.15) is 0 Å². The fourth-order valence-electron chi connectivity index (χ4n) is 3.84. The Morgan fingerprint density at radius 1 is 0.895 bits per heavy atom. The van der Waals surface area contributed by atoms with E-state index in [4.69, 9.17) is 4.99 Å². The van der Waals surface area contributed by atoms with Crippen molar-refractivity contribution in [3.8, 4) is 0 Å². The van der Waals surface area contributed by atoms with Gasteiger partial charge in [0.25, 0.3) is 0 Å². The minimum atomic E-state index is 1.10. The minimum absolute atomic E-state index is 1.10. The molecule has 1 unspecified atom stereocenters. The third-order valence-corrected chi connectivity index (χ3v) is 5.01. The SMILES string of the molecule is CCCCCCCC[N+]12CCCCCC1=NCCC2. The van der Waals surface area contributed by atoms with Crippen molar-refractivity contribution < 1.29 is 4.48 Å². The Bertz CT molecular complexity index is 285. The minimum Gasteiger partial charge on any atom is -0.279 e. The van der Waals surface area contributed by atoms with Gasteiger partial charge >= 0.3 is 0 Å². The smallest absolute Gasteiger partial charge is 0.198 e. The quantitative estimate of drug-likeness (QED) is 0.473. The molecule has 1 saturated heterocycles. The lowest BCUT2D eigenvalue weighted by Crippen LogP contribution is -2.55. The highest BCUT2D eigenvalue weighted by Crippen LogP contribution is 2.25. The van der Waals surface area contributed by atoms with Gasteiger partial charge in [-0.25, -0.2) is 4.99 Å². The first-order chi connectivity index (χ1) is 9.37. The lowest BCUT2D eigenvalue weighted by atomic mass is 10.1. The molecular weight excluding hydrogens is 232 g/mol. The fourth-order valence-corrected chi connectivity index (χ4v) is 3.84. The molecule has 1 atom stereocenters. The average molecular weight is 265 g/mol. The summed E-state index contributed by atoms with van der Waals surface area (Å²) >= 11 is 0. The molecule has 1 fully saturated rings. The first kappa shape index (κ1) is 15.0. The van der Waals surface area contributed by atoms with Crippen molar-refractivity contribution in [1.29, 1.82) is 0 Å². The molecule has 0 amide bonds. The van der Waals surface area contributed by atoms with Crippen LogP contribution in [0.5, 0.6) is 0 Å². The fraction of sp³-hybridized carbons (Fsp3) is 0.941. The predicted octanol–water partition coefficient (Wildman–Crippen LogP) is 4.54. The lowest BCUT2D eigenvalue weighted by molar-refractivity contribution is -0.845. The molecule has 0 aromatic heterocycles. The maximum absolute atomic E-state index is 4.90. The molecule has 2 heterocycles. The van der Waals surface area contributed by atoms with Crippen LogP contribution in [0.2, 0.25) is 0 Å². The maximum atomic E-state index is 4.90. The zero-order valence-electron chi connectivity index (χ0n) is 13.0. The van der Waals surface area contributed by atoms with Gasteiger partial charge in [-0.15, -0.1) is 0 Å². The van der Waals surface area contributed by atoms with Gasteiger partial charge in [0.2, 0.25) is 0 Å². The molecule has 110 valence electrons. The van der Waals surface area contributed by atoms with Crippen LogP contribution in [-0.2, 0) is 0 Å². The van der Waals surface area contributed by atoms with E-state index in [1.165, 1.54) is 94.7 Å². The Morgan fingerprint density at radius 3 is 2.58 bits per heavy atom. The molecule has 2 aliphatic rings. The van der Waals surface area contributed by atoms with E-state index in [-0.39, 0.29) is 0 Å². The highest BCUT2D eigenvalue weighted by molar-refractivity contribution is 5.76. The largest absolute Gasteiger partial charge is 0.279 e. The molecule has 0 N–H and O–H groups in total. The van der Waals surface area contributed by atoms with Gasteiger partial charge in [-0.3, -0.25) is 4.48 Å². The average Bonchev–Trinajstić information content (AvgIpc) is 2.65. The van der Waals surface area contributed by atoms with Crippen molar-refractivity contribution >= 4 is 5.84 Å². The second-order valence-corrected chi connectivity index (χ2v) is 6.55. The Balaban J connectivity index is 1.80. The van der Waals surface area contributed by atoms with Gasteiger partial charge in [-0.05, 0) is 32.1 Å². The Morgan fingerprint density at radius 2 is 1.68 bits per heavy atom. The van der Waals surface area contributed by atoms with Crippen LogP contribution >= 0.6 is 0 Å². The molecular formula is C17H33N2+. The topological polar surface area (TPSA) is 12.4 Å². The molecule has 2 nitrogen and oxygen atoms in total. The van der Waals surface area contributed by atoms with E-state index in [9.17, 15) is 0 Å². The highest BCUT2D eigenvalue weighted by atomic mass is 15.4. The first-order valence-electron chi connectivity index (χ1n) is 8.77. The standard InChI is InChI=1S/C17H33N2/c1-2-3-4-5-6-9-14-19-15-10-7-8-12-17(19)18-13-11-16-19/h2-16H2,1H3/q+1. The van der Waals surface area contributed by atoms with Crippen LogP contribution in [0.3, 0.4) is 0 Å². The van der Waals surface area contributed by atoms with Crippen molar-refractivity contribution in [3.63, 3.8) is 0 Å². The van der Waals surface area contributed by atoms with Crippen LogP contribution in [0.4, 0.5) is 0 Å². The molecule has 2 aliphatic heterocycles. The zero-order chi connectivity index (χ0) is 13.4. The number of nitrogens with zero attached hydrogens (tertiary/aromatic N) is 2. The van der Waals surface area contributed by atoms with Crippen LogP contribution < -0.4 is 0 Å². The summed E-state index contributed by atoms with van der Waals surface area (Å²) in [7, 11) is 0. The molecule has 0 spiro atoms. The third kappa shape index (κ3) is 4.30. The van der Waals surface area contributed by atoms with Gasteiger partial charge in [0.1, 0.15) is 0 Å². The summed E-state index contributed by atoms with van der Waals surface area (Å²) in [4.78, 5) is 4.90. The highest BCUT2D eigenvalue weighted by Gasteiger charge is 2.36. The summed E-state index contributed by atoms with van der Waals surface area (Å²) in [5.41, 5.74) is 0. The third-order valence-electron chi connectivity index (χ3n) is 5.01. The maximum Gasteiger partial charge on any atom is 0.198 e. The summed E-state index contributed by atoms with van der Waals surface area (Å²) in [5, 5.41) is 0. The van der Waals surface area contributed by atoms with Gasteiger partial charge in [0.05, 0.1) is 19.6 Å². The van der Waals surface area contributed by atoms with Crippen molar-refractivity contribution in [2.24, 2.45) is 4.99 Å². The molecule has 2 rings (SSSR count). The van der Waals surface area contributed by atoms with Crippen molar-refractivity contribution in [2.45, 2.75) is 77.6 Å². The summed E-state index contributed by atoms with van der Waals surface area (Å²) in [6.45, 7) is 7.55. The number of amidine groups is 1. The number of rotatable bonds is 7. The Kier molecular flexibility index (Phi) is 6.36. The number of aliphatic imine (C=N–C) groups is 1. The first-order valence-corrected chi connectivity index (χ1v) is 8.77. The summed E-state index contributed by atoms with van der Waals surface area (Å²) in [6.07, 6.45) is 15.4. The lowest BCUT2D eigenvalue weighted by Gasteiger charge is -2.40. The normalized spacial score (nSPS) is 27.5. The van der Waals surface area contributed by atoms with Crippen LogP contribution in [0.25, 0.3) is 0 Å². The van der Waals surface area contributed by atoms with E-state index >= 15 is 0 Å². The van der Waals surface area contributed by atoms with E-state index in [1.54, 1.807) is 5.84 Å². The summed E-state index contributed by atoms with van der Waals surface area (Å²) in [5.74, 6) is 1.57. The molecule has 0 radical (unpaired) electrons. The van der Waals surface area contributed by atoms with Gasteiger partial charge in [0, 0.05) is 19.4 Å². The van der Waals surface area contributed by atoms with E-state index in [1.807, 2.05) is 0 Å². The van der Waals surface area contributed by atoms with E-state index in [0.29, 0.717) is 0 Å². The molecule has 0 bridgehead atoms. The van der Waals surface area contributed by atoms with Crippen molar-refractivity contribution in [3.05, 3.63) is 0 Å². The van der Waals surface area contributed by atoms with Gasteiger partial charge in [0.15, 0.2) is 5.84 Å². The van der Waals surface area contributed by atoms with Crippen LogP contribution in [-0.4, -0.2) is 36.5 Å². The molecule has 19 heavy (non-hydrogen) atoms. The van der Waals surface area contributed by atoms with Gasteiger partial charge in [-0.1, -0.05) is 32.6 Å². The van der Waals surface area contributed by atoms with E-state index in [2.05, 4.69) is 6.92 Å². The van der Waals surface area contributed by atoms with Crippen LogP contribution in [0.15, 0.2) is 4.99 Å². The van der Waals surface area contributed by atoms with E-state index < -0.39 is 0 Å². The monoisotopic (exact) mass is 265 g/mol. The molecule has 2 heteroatoms. The van der Waals surface area contributed by atoms with E-state index in [0.717, 1.165) is 6.54 Å². The summed E-state index contributed by atoms with van der Waals surface area (Å²) in [6, 6.07) is 0. The molecule has 0 saturated carbocycles. The van der Waals surface area contributed by atoms with Crippen LogP contribution in [0, 0.1) is 0 Å². The van der Waals surface area contributed by atoms with Crippen molar-refractivity contribution in [2.75, 3.05) is 26.2 Å². The molecule has 0 aromatic rings. The van der Waals surface area contributed by atoms with Gasteiger partial charge < -0.3 is 0 Å². The number of unbranched alkanes of at least 4 members (excludes halogenated alkanes) is 5. The summed E-state index contributed by atoms with van der Waals surface area (Å²) < 4.78 is 1.29. The predicted molar refractivity (Wildman–Crippen MR) is 83.6 cm³/mol. The Labute approximate surface area is 119 Å². The number of hydrogen-bond donors (Lipinski definition) is 0. The number of hydrogen-bond acceptors (Lipinski definition) is 1. The number of fused-ring (bicyclic) bond motifs is 1. The number of quaternary nitrogens is 1. The second kappa shape index (κ2) is 8.04. The molecule has 0 aromatic carbocycles. The van der Waals surface area contributed by atoms with Crippen molar-refractivity contribution in [1.82, 2.24) is 0 Å².